The number of likely N-dealkylation sites (N-methyl/N-ethyl adjacent to an activating group) is 1. The first-order chi connectivity index (χ1) is 10.7. The molecule has 3 rings (SSSR count). The van der Waals surface area contributed by atoms with Crippen LogP contribution in [0.25, 0.3) is 10.4 Å². The van der Waals surface area contributed by atoms with Crippen LogP contribution >= 0.6 is 11.3 Å². The van der Waals surface area contributed by atoms with Crippen molar-refractivity contribution in [1.82, 2.24) is 9.80 Å². The van der Waals surface area contributed by atoms with Gasteiger partial charge < -0.3 is 15.1 Å². The Morgan fingerprint density at radius 2 is 2.05 bits per heavy atom. The highest BCUT2D eigenvalue weighted by atomic mass is 32.1. The molecule has 2 aromatic rings. The lowest BCUT2D eigenvalue weighted by Crippen LogP contribution is -2.37. The predicted molar refractivity (Wildman–Crippen MR) is 92.5 cm³/mol. The lowest BCUT2D eigenvalue weighted by Gasteiger charge is -2.21. The first-order valence-corrected chi connectivity index (χ1v) is 8.49. The number of rotatable bonds is 2. The first-order valence-electron chi connectivity index (χ1n) is 7.61. The molecule has 5 heteroatoms. The molecule has 116 valence electrons. The van der Waals surface area contributed by atoms with Gasteiger partial charge in [-0.15, -0.1) is 11.3 Å². The molecule has 1 saturated heterocycles. The van der Waals surface area contributed by atoms with Crippen molar-refractivity contribution in [3.8, 4) is 10.4 Å². The van der Waals surface area contributed by atoms with Crippen LogP contribution in [0.5, 0.6) is 0 Å². The Bertz CT molecular complexity index is 627. The van der Waals surface area contributed by atoms with Crippen molar-refractivity contribution in [2.24, 2.45) is 0 Å². The minimum absolute atomic E-state index is 0.00127. The summed E-state index contributed by atoms with van der Waals surface area (Å²) in [5, 5.41) is 5.09. The molecule has 2 heterocycles. The van der Waals surface area contributed by atoms with Crippen LogP contribution in [0.3, 0.4) is 0 Å². The van der Waals surface area contributed by atoms with Crippen molar-refractivity contribution in [3.63, 3.8) is 0 Å². The monoisotopic (exact) mass is 315 g/mol. The van der Waals surface area contributed by atoms with Gasteiger partial charge in [0.1, 0.15) is 0 Å². The number of thiophene rings is 1. The molecule has 0 aliphatic carbocycles. The van der Waals surface area contributed by atoms with E-state index in [2.05, 4.69) is 34.8 Å². The number of hydrogen-bond acceptors (Lipinski definition) is 3. The van der Waals surface area contributed by atoms with Gasteiger partial charge in [0, 0.05) is 30.2 Å². The van der Waals surface area contributed by atoms with E-state index in [1.807, 2.05) is 29.2 Å². The highest BCUT2D eigenvalue weighted by Crippen LogP contribution is 2.26. The number of anilines is 1. The van der Waals surface area contributed by atoms with Gasteiger partial charge >= 0.3 is 6.03 Å². The van der Waals surface area contributed by atoms with Crippen LogP contribution in [0.15, 0.2) is 41.8 Å². The molecule has 0 saturated carbocycles. The third-order valence-electron chi connectivity index (χ3n) is 3.93. The molecule has 1 N–H and O–H groups in total. The molecule has 1 aliphatic heterocycles. The minimum Gasteiger partial charge on any atom is -0.323 e. The summed E-state index contributed by atoms with van der Waals surface area (Å²) >= 11 is 1.71. The van der Waals surface area contributed by atoms with Gasteiger partial charge in [0.05, 0.1) is 0 Å². The summed E-state index contributed by atoms with van der Waals surface area (Å²) in [6.45, 7) is 3.59. The Hall–Kier alpha value is -1.85. The molecule has 0 bridgehead atoms. The number of carbonyl (C=O) groups excluding carboxylic acids is 1. The van der Waals surface area contributed by atoms with Gasteiger partial charge in [0.15, 0.2) is 0 Å². The molecule has 0 unspecified atom stereocenters. The highest BCUT2D eigenvalue weighted by Gasteiger charge is 2.17. The van der Waals surface area contributed by atoms with Gasteiger partial charge in [-0.2, -0.15) is 0 Å². The van der Waals surface area contributed by atoms with Crippen molar-refractivity contribution in [3.05, 3.63) is 41.8 Å². The van der Waals surface area contributed by atoms with E-state index in [9.17, 15) is 4.79 Å². The average molecular weight is 315 g/mol. The van der Waals surface area contributed by atoms with Crippen LogP contribution in [-0.4, -0.2) is 49.1 Å². The van der Waals surface area contributed by atoms with Crippen molar-refractivity contribution in [1.29, 1.82) is 0 Å². The van der Waals surface area contributed by atoms with E-state index in [1.165, 1.54) is 4.88 Å². The summed E-state index contributed by atoms with van der Waals surface area (Å²) in [7, 11) is 2.10. The SMILES string of the molecule is CN1CCCN(C(=O)Nc2cccc(-c3cccs3)c2)CC1. The fourth-order valence-electron chi connectivity index (χ4n) is 2.65. The van der Waals surface area contributed by atoms with Crippen LogP contribution in [0.2, 0.25) is 0 Å². The Morgan fingerprint density at radius 3 is 2.86 bits per heavy atom. The van der Waals surface area contributed by atoms with E-state index in [0.717, 1.165) is 43.9 Å². The van der Waals surface area contributed by atoms with Gasteiger partial charge in [-0.3, -0.25) is 0 Å². The second kappa shape index (κ2) is 6.94. The largest absolute Gasteiger partial charge is 0.323 e. The molecular weight excluding hydrogens is 294 g/mol. The highest BCUT2D eigenvalue weighted by molar-refractivity contribution is 7.13. The van der Waals surface area contributed by atoms with Crippen LogP contribution in [-0.2, 0) is 0 Å². The molecule has 1 fully saturated rings. The zero-order valence-electron chi connectivity index (χ0n) is 12.8. The number of nitrogens with one attached hydrogen (secondary N) is 1. The molecule has 0 radical (unpaired) electrons. The summed E-state index contributed by atoms with van der Waals surface area (Å²) in [6, 6.07) is 12.2. The third kappa shape index (κ3) is 3.67. The Balaban J connectivity index is 1.67. The fraction of sp³-hybridized carbons (Fsp3) is 0.353. The smallest absolute Gasteiger partial charge is 0.321 e. The summed E-state index contributed by atoms with van der Waals surface area (Å²) in [5.41, 5.74) is 2.00. The second-order valence-electron chi connectivity index (χ2n) is 5.63. The molecule has 2 amide bonds. The zero-order valence-corrected chi connectivity index (χ0v) is 13.6. The summed E-state index contributed by atoms with van der Waals surface area (Å²) in [4.78, 5) is 17.8. The molecular formula is C17H21N3OS. The maximum absolute atomic E-state index is 12.4. The number of carbonyl (C=O) groups is 1. The van der Waals surface area contributed by atoms with Crippen LogP contribution < -0.4 is 5.32 Å². The van der Waals surface area contributed by atoms with Crippen LogP contribution in [0.4, 0.5) is 10.5 Å². The molecule has 22 heavy (non-hydrogen) atoms. The van der Waals surface area contributed by atoms with Crippen molar-refractivity contribution < 1.29 is 4.79 Å². The standard InChI is InChI=1S/C17H21N3OS/c1-19-8-4-9-20(11-10-19)17(21)18-15-6-2-5-14(13-15)16-7-3-12-22-16/h2-3,5-7,12-13H,4,8-11H2,1H3,(H,18,21). The molecule has 1 aliphatic rings. The van der Waals surface area contributed by atoms with Gasteiger partial charge in [-0.05, 0) is 49.2 Å². The van der Waals surface area contributed by atoms with Gasteiger partial charge in [-0.25, -0.2) is 4.79 Å². The minimum atomic E-state index is -0.00127. The van der Waals surface area contributed by atoms with E-state index in [1.54, 1.807) is 11.3 Å². The van der Waals surface area contributed by atoms with E-state index in [0.29, 0.717) is 0 Å². The van der Waals surface area contributed by atoms with E-state index in [-0.39, 0.29) is 6.03 Å². The first kappa shape index (κ1) is 15.1. The fourth-order valence-corrected chi connectivity index (χ4v) is 3.37. The summed E-state index contributed by atoms with van der Waals surface area (Å²) in [6.07, 6.45) is 1.03. The lowest BCUT2D eigenvalue weighted by molar-refractivity contribution is 0.213. The molecule has 0 atom stereocenters. The zero-order chi connectivity index (χ0) is 15.4. The average Bonchev–Trinajstić information content (AvgIpc) is 2.97. The quantitative estimate of drug-likeness (QED) is 0.919. The number of amides is 2. The molecule has 1 aromatic heterocycles. The van der Waals surface area contributed by atoms with Gasteiger partial charge in [-0.1, -0.05) is 18.2 Å². The predicted octanol–water partition coefficient (Wildman–Crippen LogP) is 3.58. The number of urea groups is 1. The van der Waals surface area contributed by atoms with Crippen molar-refractivity contribution >= 4 is 23.1 Å². The molecule has 4 nitrogen and oxygen atoms in total. The number of benzene rings is 1. The van der Waals surface area contributed by atoms with Gasteiger partial charge in [0.25, 0.3) is 0 Å². The summed E-state index contributed by atoms with van der Waals surface area (Å²) in [5.74, 6) is 0. The van der Waals surface area contributed by atoms with E-state index in [4.69, 9.17) is 0 Å². The van der Waals surface area contributed by atoms with Crippen LogP contribution in [0, 0.1) is 0 Å². The topological polar surface area (TPSA) is 35.6 Å². The van der Waals surface area contributed by atoms with Gasteiger partial charge in [0.2, 0.25) is 0 Å². The van der Waals surface area contributed by atoms with Crippen LogP contribution in [0.1, 0.15) is 6.42 Å². The number of hydrogen-bond donors (Lipinski definition) is 1. The number of nitrogens with zero attached hydrogens (tertiary/aromatic N) is 2. The summed E-state index contributed by atoms with van der Waals surface area (Å²) < 4.78 is 0. The second-order valence-corrected chi connectivity index (χ2v) is 6.58. The maximum atomic E-state index is 12.4. The molecule has 0 spiro atoms. The Morgan fingerprint density at radius 1 is 1.14 bits per heavy atom. The van der Waals surface area contributed by atoms with E-state index >= 15 is 0 Å². The third-order valence-corrected chi connectivity index (χ3v) is 4.85. The van der Waals surface area contributed by atoms with Crippen molar-refractivity contribution in [2.45, 2.75) is 6.42 Å². The van der Waals surface area contributed by atoms with Crippen molar-refractivity contribution in [2.75, 3.05) is 38.5 Å². The molecule has 1 aromatic carbocycles. The normalized spacial score (nSPS) is 16.3. The lowest BCUT2D eigenvalue weighted by atomic mass is 10.1. The Labute approximate surface area is 135 Å². The van der Waals surface area contributed by atoms with E-state index < -0.39 is 0 Å². The maximum Gasteiger partial charge on any atom is 0.321 e. The Kier molecular flexibility index (Phi) is 4.75.